The minimum atomic E-state index is -0.0946. The molecule has 0 aliphatic carbocycles. The van der Waals surface area contributed by atoms with Gasteiger partial charge in [0.05, 0.1) is 6.54 Å². The van der Waals surface area contributed by atoms with Crippen LogP contribution in [0, 0.1) is 0 Å². The lowest BCUT2D eigenvalue weighted by molar-refractivity contribution is 0.217. The SMILES string of the molecule is CN(C)C(=O)NCCNCc1ccc(Cl)o1. The summed E-state index contributed by atoms with van der Waals surface area (Å²) in [5.74, 6) is 0.781. The Balaban J connectivity index is 2.06. The highest BCUT2D eigenvalue weighted by Gasteiger charge is 2.01. The summed E-state index contributed by atoms with van der Waals surface area (Å²) in [6.07, 6.45) is 0. The lowest BCUT2D eigenvalue weighted by Gasteiger charge is -2.11. The van der Waals surface area contributed by atoms with Gasteiger partial charge in [-0.3, -0.25) is 0 Å². The Morgan fingerprint density at radius 2 is 2.19 bits per heavy atom. The number of rotatable bonds is 5. The van der Waals surface area contributed by atoms with Gasteiger partial charge in [0.2, 0.25) is 0 Å². The van der Waals surface area contributed by atoms with Gasteiger partial charge in [0, 0.05) is 27.2 Å². The zero-order valence-corrected chi connectivity index (χ0v) is 10.2. The molecule has 0 spiro atoms. The Morgan fingerprint density at radius 1 is 1.44 bits per heavy atom. The van der Waals surface area contributed by atoms with E-state index in [1.54, 1.807) is 20.2 Å². The van der Waals surface area contributed by atoms with Crippen LogP contribution in [-0.4, -0.2) is 38.1 Å². The van der Waals surface area contributed by atoms with Gasteiger partial charge in [-0.05, 0) is 23.7 Å². The first-order valence-electron chi connectivity index (χ1n) is 4.99. The fraction of sp³-hybridized carbons (Fsp3) is 0.500. The third kappa shape index (κ3) is 4.55. The molecule has 1 aromatic heterocycles. The van der Waals surface area contributed by atoms with E-state index >= 15 is 0 Å². The van der Waals surface area contributed by atoms with Gasteiger partial charge in [-0.1, -0.05) is 0 Å². The third-order valence-corrected chi connectivity index (χ3v) is 2.12. The van der Waals surface area contributed by atoms with Crippen molar-refractivity contribution < 1.29 is 9.21 Å². The summed E-state index contributed by atoms with van der Waals surface area (Å²) in [4.78, 5) is 12.6. The van der Waals surface area contributed by atoms with Gasteiger partial charge in [-0.2, -0.15) is 0 Å². The Bertz CT molecular complexity index is 339. The molecule has 1 aromatic rings. The van der Waals surface area contributed by atoms with Crippen molar-refractivity contribution in [1.82, 2.24) is 15.5 Å². The fourth-order valence-electron chi connectivity index (χ4n) is 1.07. The number of hydrogen-bond donors (Lipinski definition) is 2. The first-order chi connectivity index (χ1) is 7.59. The minimum Gasteiger partial charge on any atom is -0.448 e. The number of nitrogens with zero attached hydrogens (tertiary/aromatic N) is 1. The van der Waals surface area contributed by atoms with Crippen molar-refractivity contribution in [3.05, 3.63) is 23.1 Å². The molecule has 0 radical (unpaired) electrons. The van der Waals surface area contributed by atoms with E-state index in [9.17, 15) is 4.79 Å². The second kappa shape index (κ2) is 6.40. The molecule has 0 unspecified atom stereocenters. The maximum Gasteiger partial charge on any atom is 0.316 e. The van der Waals surface area contributed by atoms with Gasteiger partial charge in [-0.25, -0.2) is 4.79 Å². The van der Waals surface area contributed by atoms with Crippen LogP contribution in [0.3, 0.4) is 0 Å². The van der Waals surface area contributed by atoms with E-state index < -0.39 is 0 Å². The fourth-order valence-corrected chi connectivity index (χ4v) is 1.24. The second-order valence-corrected chi connectivity index (χ2v) is 3.88. The molecule has 0 fully saturated rings. The maximum atomic E-state index is 11.1. The maximum absolute atomic E-state index is 11.1. The molecular formula is C10H16ClN3O2. The van der Waals surface area contributed by atoms with E-state index in [4.69, 9.17) is 16.0 Å². The molecule has 90 valence electrons. The van der Waals surface area contributed by atoms with Crippen LogP contribution >= 0.6 is 11.6 Å². The molecule has 0 aromatic carbocycles. The Labute approximate surface area is 99.7 Å². The van der Waals surface area contributed by atoms with Gasteiger partial charge >= 0.3 is 6.03 Å². The summed E-state index contributed by atoms with van der Waals surface area (Å²) >= 11 is 5.62. The number of amides is 2. The Kier molecular flexibility index (Phi) is 5.14. The van der Waals surface area contributed by atoms with Crippen LogP contribution in [0.25, 0.3) is 0 Å². The highest BCUT2D eigenvalue weighted by molar-refractivity contribution is 6.28. The van der Waals surface area contributed by atoms with E-state index in [1.807, 2.05) is 6.07 Å². The van der Waals surface area contributed by atoms with Crippen molar-refractivity contribution >= 4 is 17.6 Å². The van der Waals surface area contributed by atoms with E-state index in [2.05, 4.69) is 10.6 Å². The summed E-state index contributed by atoms with van der Waals surface area (Å²) in [5.41, 5.74) is 0. The Hall–Kier alpha value is -1.20. The molecule has 0 saturated carbocycles. The first-order valence-corrected chi connectivity index (χ1v) is 5.37. The van der Waals surface area contributed by atoms with Gasteiger partial charge in [-0.15, -0.1) is 0 Å². The lowest BCUT2D eigenvalue weighted by Crippen LogP contribution is -2.38. The second-order valence-electron chi connectivity index (χ2n) is 3.51. The summed E-state index contributed by atoms with van der Waals surface area (Å²) in [5, 5.41) is 6.25. The van der Waals surface area contributed by atoms with E-state index in [0.29, 0.717) is 24.9 Å². The van der Waals surface area contributed by atoms with Crippen molar-refractivity contribution in [2.45, 2.75) is 6.54 Å². The smallest absolute Gasteiger partial charge is 0.316 e. The van der Waals surface area contributed by atoms with Crippen molar-refractivity contribution in [3.8, 4) is 0 Å². The molecule has 5 nitrogen and oxygen atoms in total. The molecule has 6 heteroatoms. The molecule has 1 rings (SSSR count). The van der Waals surface area contributed by atoms with Crippen LogP contribution < -0.4 is 10.6 Å². The molecule has 0 aliphatic rings. The zero-order chi connectivity index (χ0) is 12.0. The summed E-state index contributed by atoms with van der Waals surface area (Å²) in [7, 11) is 3.40. The number of carbonyl (C=O) groups excluding carboxylic acids is 1. The molecule has 0 bridgehead atoms. The molecule has 2 N–H and O–H groups in total. The van der Waals surface area contributed by atoms with Gasteiger partial charge in [0.1, 0.15) is 5.76 Å². The molecule has 0 saturated heterocycles. The average Bonchev–Trinajstić information content (AvgIpc) is 2.63. The molecule has 1 heterocycles. The highest BCUT2D eigenvalue weighted by atomic mass is 35.5. The van der Waals surface area contributed by atoms with Crippen LogP contribution in [0.1, 0.15) is 5.76 Å². The summed E-state index contributed by atoms with van der Waals surface area (Å²) in [6.45, 7) is 1.86. The van der Waals surface area contributed by atoms with Gasteiger partial charge < -0.3 is 20.0 Å². The third-order valence-electron chi connectivity index (χ3n) is 1.91. The Morgan fingerprint density at radius 3 is 2.75 bits per heavy atom. The topological polar surface area (TPSA) is 57.5 Å². The molecule has 16 heavy (non-hydrogen) atoms. The van der Waals surface area contributed by atoms with Gasteiger partial charge in [0.15, 0.2) is 5.22 Å². The predicted molar refractivity (Wildman–Crippen MR) is 62.5 cm³/mol. The van der Waals surface area contributed by atoms with Crippen LogP contribution in [0.4, 0.5) is 4.79 Å². The number of nitrogens with one attached hydrogen (secondary N) is 2. The van der Waals surface area contributed by atoms with E-state index in [-0.39, 0.29) is 6.03 Å². The van der Waals surface area contributed by atoms with Crippen molar-refractivity contribution in [2.24, 2.45) is 0 Å². The highest BCUT2D eigenvalue weighted by Crippen LogP contribution is 2.12. The van der Waals surface area contributed by atoms with E-state index in [1.165, 1.54) is 4.90 Å². The normalized spacial score (nSPS) is 10.2. The monoisotopic (exact) mass is 245 g/mol. The largest absolute Gasteiger partial charge is 0.448 e. The number of urea groups is 1. The predicted octanol–water partition coefficient (Wildman–Crippen LogP) is 1.29. The minimum absolute atomic E-state index is 0.0946. The van der Waals surface area contributed by atoms with Crippen LogP contribution in [0.5, 0.6) is 0 Å². The lowest BCUT2D eigenvalue weighted by atomic mass is 10.4. The van der Waals surface area contributed by atoms with Crippen molar-refractivity contribution in [2.75, 3.05) is 27.2 Å². The van der Waals surface area contributed by atoms with Crippen LogP contribution in [0.15, 0.2) is 16.5 Å². The molecule has 2 amide bonds. The molecule has 0 aliphatic heterocycles. The van der Waals surface area contributed by atoms with Crippen molar-refractivity contribution in [3.63, 3.8) is 0 Å². The van der Waals surface area contributed by atoms with Gasteiger partial charge in [0.25, 0.3) is 0 Å². The number of hydrogen-bond acceptors (Lipinski definition) is 3. The summed E-state index contributed by atoms with van der Waals surface area (Å²) < 4.78 is 5.16. The molecule has 0 atom stereocenters. The average molecular weight is 246 g/mol. The first kappa shape index (κ1) is 12.9. The van der Waals surface area contributed by atoms with E-state index in [0.717, 1.165) is 5.76 Å². The van der Waals surface area contributed by atoms with Crippen molar-refractivity contribution in [1.29, 1.82) is 0 Å². The number of carbonyl (C=O) groups is 1. The molecular weight excluding hydrogens is 230 g/mol. The standard InChI is InChI=1S/C10H16ClN3O2/c1-14(2)10(15)13-6-5-12-7-8-3-4-9(11)16-8/h3-4,12H,5-7H2,1-2H3,(H,13,15). The number of furan rings is 1. The number of halogens is 1. The zero-order valence-electron chi connectivity index (χ0n) is 9.42. The van der Waals surface area contributed by atoms with Crippen LogP contribution in [0.2, 0.25) is 5.22 Å². The van der Waals surface area contributed by atoms with Crippen LogP contribution in [-0.2, 0) is 6.54 Å². The quantitative estimate of drug-likeness (QED) is 0.769. The summed E-state index contributed by atoms with van der Waals surface area (Å²) in [6, 6.07) is 3.42.